The smallest absolute Gasteiger partial charge is 0.242 e. The number of piperidine rings is 1. The third-order valence-corrected chi connectivity index (χ3v) is 5.96. The Labute approximate surface area is 179 Å². The lowest BCUT2D eigenvalue weighted by atomic mass is 9.90. The first kappa shape index (κ1) is 22.1. The van der Waals surface area contributed by atoms with Crippen LogP contribution in [0, 0.1) is 11.3 Å². The van der Waals surface area contributed by atoms with Gasteiger partial charge in [0.05, 0.1) is 6.54 Å². The number of rotatable bonds is 4. The van der Waals surface area contributed by atoms with Gasteiger partial charge in [0.2, 0.25) is 17.7 Å². The van der Waals surface area contributed by atoms with Crippen LogP contribution in [0.25, 0.3) is 0 Å². The van der Waals surface area contributed by atoms with Gasteiger partial charge in [0.15, 0.2) is 0 Å². The SMILES string of the molecule is CC(C)(C)C(=O)N1CCC(C(=O)NCC(=O)N2CCN(c3ccccc3)CC2)CC1. The molecule has 0 aliphatic carbocycles. The maximum Gasteiger partial charge on any atom is 0.242 e. The van der Waals surface area contributed by atoms with Crippen molar-refractivity contribution in [2.75, 3.05) is 50.7 Å². The minimum Gasteiger partial charge on any atom is -0.368 e. The van der Waals surface area contributed by atoms with E-state index in [0.717, 1.165) is 13.1 Å². The van der Waals surface area contributed by atoms with Crippen molar-refractivity contribution in [1.29, 1.82) is 0 Å². The summed E-state index contributed by atoms with van der Waals surface area (Å²) >= 11 is 0. The molecule has 30 heavy (non-hydrogen) atoms. The molecule has 2 heterocycles. The van der Waals surface area contributed by atoms with Gasteiger partial charge in [-0.2, -0.15) is 0 Å². The molecule has 0 atom stereocenters. The maximum atomic E-state index is 12.5. The Hall–Kier alpha value is -2.57. The first-order valence-corrected chi connectivity index (χ1v) is 10.9. The van der Waals surface area contributed by atoms with Gasteiger partial charge in [-0.25, -0.2) is 0 Å². The zero-order valence-electron chi connectivity index (χ0n) is 18.4. The molecule has 7 heteroatoms. The number of piperazine rings is 1. The summed E-state index contributed by atoms with van der Waals surface area (Å²) in [6, 6.07) is 10.2. The summed E-state index contributed by atoms with van der Waals surface area (Å²) in [5, 5.41) is 2.82. The van der Waals surface area contributed by atoms with Crippen molar-refractivity contribution in [3.8, 4) is 0 Å². The van der Waals surface area contributed by atoms with E-state index in [1.165, 1.54) is 5.69 Å². The zero-order valence-corrected chi connectivity index (χ0v) is 18.4. The highest BCUT2D eigenvalue weighted by atomic mass is 16.2. The number of nitrogens with zero attached hydrogens (tertiary/aromatic N) is 3. The highest BCUT2D eigenvalue weighted by Crippen LogP contribution is 2.23. The van der Waals surface area contributed by atoms with E-state index in [4.69, 9.17) is 0 Å². The lowest BCUT2D eigenvalue weighted by Gasteiger charge is -2.36. The zero-order chi connectivity index (χ0) is 21.7. The second-order valence-corrected chi connectivity index (χ2v) is 9.24. The minimum absolute atomic E-state index is 0.0311. The molecule has 0 saturated carbocycles. The van der Waals surface area contributed by atoms with Crippen LogP contribution < -0.4 is 10.2 Å². The van der Waals surface area contributed by atoms with Crippen molar-refractivity contribution < 1.29 is 14.4 Å². The van der Waals surface area contributed by atoms with Gasteiger partial charge in [-0.1, -0.05) is 39.0 Å². The molecule has 2 aliphatic rings. The van der Waals surface area contributed by atoms with Gasteiger partial charge in [0.1, 0.15) is 0 Å². The molecule has 1 aromatic rings. The quantitative estimate of drug-likeness (QED) is 0.815. The molecule has 7 nitrogen and oxygen atoms in total. The van der Waals surface area contributed by atoms with E-state index in [-0.39, 0.29) is 30.2 Å². The predicted molar refractivity (Wildman–Crippen MR) is 117 cm³/mol. The van der Waals surface area contributed by atoms with E-state index < -0.39 is 5.41 Å². The number of carbonyl (C=O) groups is 3. The largest absolute Gasteiger partial charge is 0.368 e. The third kappa shape index (κ3) is 5.52. The summed E-state index contributed by atoms with van der Waals surface area (Å²) in [6.07, 6.45) is 1.30. The Morgan fingerprint density at radius 1 is 0.900 bits per heavy atom. The fraction of sp³-hybridized carbons (Fsp3) is 0.609. The third-order valence-electron chi connectivity index (χ3n) is 5.96. The second kappa shape index (κ2) is 9.49. The van der Waals surface area contributed by atoms with Gasteiger partial charge in [-0.05, 0) is 25.0 Å². The van der Waals surface area contributed by atoms with Crippen LogP contribution in [0.3, 0.4) is 0 Å². The van der Waals surface area contributed by atoms with Crippen molar-refractivity contribution in [3.63, 3.8) is 0 Å². The van der Waals surface area contributed by atoms with Gasteiger partial charge in [0.25, 0.3) is 0 Å². The van der Waals surface area contributed by atoms with Crippen LogP contribution in [-0.4, -0.2) is 73.3 Å². The van der Waals surface area contributed by atoms with E-state index in [2.05, 4.69) is 22.3 Å². The van der Waals surface area contributed by atoms with E-state index in [0.29, 0.717) is 39.0 Å². The summed E-state index contributed by atoms with van der Waals surface area (Å²) in [5.41, 5.74) is 0.778. The fourth-order valence-electron chi connectivity index (χ4n) is 4.09. The molecule has 2 saturated heterocycles. The molecule has 1 aromatic carbocycles. The van der Waals surface area contributed by atoms with Crippen molar-refractivity contribution in [3.05, 3.63) is 30.3 Å². The first-order chi connectivity index (χ1) is 14.3. The molecule has 0 unspecified atom stereocenters. The van der Waals surface area contributed by atoms with Crippen LogP contribution in [0.5, 0.6) is 0 Å². The molecule has 0 aromatic heterocycles. The average Bonchev–Trinajstić information content (AvgIpc) is 2.77. The van der Waals surface area contributed by atoms with Gasteiger partial charge >= 0.3 is 0 Å². The number of anilines is 1. The van der Waals surface area contributed by atoms with Crippen molar-refractivity contribution in [2.24, 2.45) is 11.3 Å². The van der Waals surface area contributed by atoms with E-state index >= 15 is 0 Å². The predicted octanol–water partition coefficient (Wildman–Crippen LogP) is 1.74. The summed E-state index contributed by atoms with van der Waals surface area (Å²) in [5.74, 6) is -0.103. The maximum absolute atomic E-state index is 12.5. The standard InChI is InChI=1S/C23H34N4O3/c1-23(2,3)22(30)27-11-9-18(10-12-27)21(29)24-17-20(28)26-15-13-25(14-16-26)19-7-5-4-6-8-19/h4-8,18H,9-17H2,1-3H3,(H,24,29). The highest BCUT2D eigenvalue weighted by molar-refractivity contribution is 5.86. The number of nitrogens with one attached hydrogen (secondary N) is 1. The summed E-state index contributed by atoms with van der Waals surface area (Å²) < 4.78 is 0. The van der Waals surface area contributed by atoms with Gasteiger partial charge in [0, 0.05) is 56.3 Å². The molecule has 0 bridgehead atoms. The lowest BCUT2D eigenvalue weighted by molar-refractivity contribution is -0.142. The molecule has 2 fully saturated rings. The number of carbonyl (C=O) groups excluding carboxylic acids is 3. The second-order valence-electron chi connectivity index (χ2n) is 9.24. The Morgan fingerprint density at radius 2 is 1.50 bits per heavy atom. The van der Waals surface area contributed by atoms with Crippen LogP contribution in [0.15, 0.2) is 30.3 Å². The van der Waals surface area contributed by atoms with Crippen LogP contribution in [0.4, 0.5) is 5.69 Å². The number of hydrogen-bond acceptors (Lipinski definition) is 4. The van der Waals surface area contributed by atoms with E-state index in [9.17, 15) is 14.4 Å². The number of likely N-dealkylation sites (tertiary alicyclic amines) is 1. The van der Waals surface area contributed by atoms with Gasteiger partial charge < -0.3 is 20.0 Å². The highest BCUT2D eigenvalue weighted by Gasteiger charge is 2.32. The molecule has 1 N–H and O–H groups in total. The molecular formula is C23H34N4O3. The van der Waals surface area contributed by atoms with E-state index in [1.54, 1.807) is 0 Å². The number of para-hydroxylation sites is 1. The fourth-order valence-corrected chi connectivity index (χ4v) is 4.09. The Morgan fingerprint density at radius 3 is 2.07 bits per heavy atom. The van der Waals surface area contributed by atoms with Crippen LogP contribution in [-0.2, 0) is 14.4 Å². The molecule has 164 valence electrons. The molecule has 0 radical (unpaired) electrons. The topological polar surface area (TPSA) is 73.0 Å². The molecule has 3 amide bonds. The lowest BCUT2D eigenvalue weighted by Crippen LogP contribution is -2.52. The van der Waals surface area contributed by atoms with Gasteiger partial charge in [-0.15, -0.1) is 0 Å². The van der Waals surface area contributed by atoms with Crippen molar-refractivity contribution in [2.45, 2.75) is 33.6 Å². The minimum atomic E-state index is -0.397. The number of hydrogen-bond donors (Lipinski definition) is 1. The Balaban J connectivity index is 1.38. The van der Waals surface area contributed by atoms with Gasteiger partial charge in [-0.3, -0.25) is 14.4 Å². The Bertz CT molecular complexity index is 743. The average molecular weight is 415 g/mol. The first-order valence-electron chi connectivity index (χ1n) is 10.9. The van der Waals surface area contributed by atoms with Crippen molar-refractivity contribution >= 4 is 23.4 Å². The van der Waals surface area contributed by atoms with Crippen LogP contribution in [0.2, 0.25) is 0 Å². The summed E-state index contributed by atoms with van der Waals surface area (Å²) in [6.45, 7) is 9.92. The summed E-state index contributed by atoms with van der Waals surface area (Å²) in [4.78, 5) is 43.3. The van der Waals surface area contributed by atoms with Crippen LogP contribution >= 0.6 is 0 Å². The Kier molecular flexibility index (Phi) is 7.00. The normalized spacial score (nSPS) is 18.3. The molecular weight excluding hydrogens is 380 g/mol. The number of benzene rings is 1. The molecule has 3 rings (SSSR count). The van der Waals surface area contributed by atoms with Crippen LogP contribution in [0.1, 0.15) is 33.6 Å². The van der Waals surface area contributed by atoms with Crippen molar-refractivity contribution in [1.82, 2.24) is 15.1 Å². The van der Waals surface area contributed by atoms with E-state index in [1.807, 2.05) is 48.8 Å². The molecule has 0 spiro atoms. The monoisotopic (exact) mass is 414 g/mol. The summed E-state index contributed by atoms with van der Waals surface area (Å²) in [7, 11) is 0. The molecule has 2 aliphatic heterocycles. The number of amides is 3.